The first-order chi connectivity index (χ1) is 10.6. The summed E-state index contributed by atoms with van der Waals surface area (Å²) in [5, 5.41) is 0. The number of fused-ring (bicyclic) bond motifs is 5. The summed E-state index contributed by atoms with van der Waals surface area (Å²) in [7, 11) is 0. The normalized spacial score (nSPS) is 35.4. The minimum Gasteiger partial charge on any atom is -0.423 e. The molecule has 0 aromatic heterocycles. The van der Waals surface area contributed by atoms with E-state index in [0.717, 1.165) is 29.4 Å². The number of carbonyl (C=O) groups excluding carboxylic acids is 1. The van der Waals surface area contributed by atoms with Crippen molar-refractivity contribution in [3.05, 3.63) is 42.0 Å². The van der Waals surface area contributed by atoms with Gasteiger partial charge in [-0.25, -0.2) is 4.79 Å². The number of hydrogen-bond donors (Lipinski definition) is 0. The SMILES string of the molecule is C=C(C)C(=O)Oc1ccccc1C1CC2CC1C1CCCC21. The van der Waals surface area contributed by atoms with Gasteiger partial charge in [0, 0.05) is 5.57 Å². The van der Waals surface area contributed by atoms with E-state index in [0.29, 0.717) is 11.5 Å². The Morgan fingerprint density at radius 3 is 2.73 bits per heavy atom. The van der Waals surface area contributed by atoms with Gasteiger partial charge in [-0.05, 0) is 73.8 Å². The molecule has 5 atom stereocenters. The molecule has 1 aromatic rings. The molecule has 3 fully saturated rings. The minimum atomic E-state index is -0.311. The van der Waals surface area contributed by atoms with E-state index >= 15 is 0 Å². The number of benzene rings is 1. The third kappa shape index (κ3) is 2.12. The van der Waals surface area contributed by atoms with Crippen LogP contribution in [0.25, 0.3) is 0 Å². The fraction of sp³-hybridized carbons (Fsp3) is 0.550. The van der Waals surface area contributed by atoms with Gasteiger partial charge in [0.15, 0.2) is 0 Å². The molecule has 3 saturated carbocycles. The van der Waals surface area contributed by atoms with Crippen molar-refractivity contribution in [3.8, 4) is 5.75 Å². The van der Waals surface area contributed by atoms with Crippen LogP contribution in [0.3, 0.4) is 0 Å². The van der Waals surface area contributed by atoms with E-state index in [1.54, 1.807) is 6.92 Å². The van der Waals surface area contributed by atoms with E-state index in [1.165, 1.54) is 37.7 Å². The van der Waals surface area contributed by atoms with Crippen LogP contribution in [0.15, 0.2) is 36.4 Å². The molecular formula is C20H24O2. The Morgan fingerprint density at radius 1 is 1.14 bits per heavy atom. The Kier molecular flexibility index (Phi) is 3.36. The molecule has 0 aliphatic heterocycles. The largest absolute Gasteiger partial charge is 0.423 e. The van der Waals surface area contributed by atoms with Gasteiger partial charge < -0.3 is 4.74 Å². The lowest BCUT2D eigenvalue weighted by molar-refractivity contribution is -0.130. The number of esters is 1. The number of ether oxygens (including phenoxy) is 1. The van der Waals surface area contributed by atoms with Crippen molar-refractivity contribution in [1.29, 1.82) is 0 Å². The molecule has 0 amide bonds. The smallest absolute Gasteiger partial charge is 0.338 e. The van der Waals surface area contributed by atoms with Gasteiger partial charge in [0.05, 0.1) is 0 Å². The summed E-state index contributed by atoms with van der Waals surface area (Å²) in [6.45, 7) is 5.39. The molecule has 2 nitrogen and oxygen atoms in total. The third-order valence-corrected chi connectivity index (χ3v) is 6.30. The number of carbonyl (C=O) groups is 1. The maximum atomic E-state index is 11.9. The highest BCUT2D eigenvalue weighted by Gasteiger charge is 2.54. The number of hydrogen-bond acceptors (Lipinski definition) is 2. The van der Waals surface area contributed by atoms with Crippen LogP contribution in [-0.4, -0.2) is 5.97 Å². The van der Waals surface area contributed by atoms with Crippen molar-refractivity contribution < 1.29 is 9.53 Å². The predicted molar refractivity (Wildman–Crippen MR) is 86.7 cm³/mol. The van der Waals surface area contributed by atoms with Crippen molar-refractivity contribution in [1.82, 2.24) is 0 Å². The average Bonchev–Trinajstić information content (AvgIpc) is 3.20. The van der Waals surface area contributed by atoms with E-state index in [2.05, 4.69) is 18.7 Å². The summed E-state index contributed by atoms with van der Waals surface area (Å²) in [6.07, 6.45) is 6.96. The highest BCUT2D eigenvalue weighted by molar-refractivity contribution is 5.89. The quantitative estimate of drug-likeness (QED) is 0.459. The second-order valence-corrected chi connectivity index (χ2v) is 7.47. The van der Waals surface area contributed by atoms with Crippen LogP contribution >= 0.6 is 0 Å². The van der Waals surface area contributed by atoms with E-state index in [4.69, 9.17) is 4.74 Å². The zero-order chi connectivity index (χ0) is 15.3. The molecule has 1 aromatic carbocycles. The lowest BCUT2D eigenvalue weighted by Crippen LogP contribution is -2.23. The Hall–Kier alpha value is -1.57. The fourth-order valence-corrected chi connectivity index (χ4v) is 5.49. The molecule has 2 heteroatoms. The molecule has 0 N–H and O–H groups in total. The van der Waals surface area contributed by atoms with E-state index in [1.807, 2.05) is 12.1 Å². The van der Waals surface area contributed by atoms with E-state index in [-0.39, 0.29) is 5.97 Å². The van der Waals surface area contributed by atoms with Crippen LogP contribution in [0, 0.1) is 23.7 Å². The fourth-order valence-electron chi connectivity index (χ4n) is 5.49. The van der Waals surface area contributed by atoms with Gasteiger partial charge >= 0.3 is 5.97 Å². The van der Waals surface area contributed by atoms with Gasteiger partial charge in [-0.2, -0.15) is 0 Å². The summed E-state index contributed by atoms with van der Waals surface area (Å²) < 4.78 is 5.60. The maximum absolute atomic E-state index is 11.9. The van der Waals surface area contributed by atoms with Gasteiger partial charge in [-0.3, -0.25) is 0 Å². The standard InChI is InChI=1S/C20H24O2/c1-12(2)20(21)22-19-9-4-3-6-16(19)18-11-13-10-17(18)15-8-5-7-14(13)15/h3-4,6,9,13-15,17-18H,1,5,7-8,10-11H2,2H3. The Bertz CT molecular complexity index is 618. The van der Waals surface area contributed by atoms with Crippen molar-refractivity contribution in [2.75, 3.05) is 0 Å². The molecule has 0 heterocycles. The Balaban J connectivity index is 1.61. The third-order valence-electron chi connectivity index (χ3n) is 6.30. The molecule has 0 saturated heterocycles. The lowest BCUT2D eigenvalue weighted by atomic mass is 9.73. The van der Waals surface area contributed by atoms with Gasteiger partial charge in [0.1, 0.15) is 5.75 Å². The molecular weight excluding hydrogens is 272 g/mol. The second kappa shape index (κ2) is 5.26. The van der Waals surface area contributed by atoms with Crippen LogP contribution in [-0.2, 0) is 4.79 Å². The lowest BCUT2D eigenvalue weighted by Gasteiger charge is -2.32. The molecule has 116 valence electrons. The molecule has 4 rings (SSSR count). The zero-order valence-electron chi connectivity index (χ0n) is 13.3. The maximum Gasteiger partial charge on any atom is 0.338 e. The summed E-state index contributed by atoms with van der Waals surface area (Å²) in [5.41, 5.74) is 1.70. The predicted octanol–water partition coefficient (Wildman–Crippen LogP) is 4.71. The Morgan fingerprint density at radius 2 is 1.91 bits per heavy atom. The van der Waals surface area contributed by atoms with E-state index in [9.17, 15) is 4.79 Å². The number of rotatable bonds is 3. The molecule has 2 bridgehead atoms. The van der Waals surface area contributed by atoms with E-state index < -0.39 is 0 Å². The van der Waals surface area contributed by atoms with Crippen molar-refractivity contribution in [3.63, 3.8) is 0 Å². The molecule has 22 heavy (non-hydrogen) atoms. The topological polar surface area (TPSA) is 26.3 Å². The number of para-hydroxylation sites is 1. The van der Waals surface area contributed by atoms with Crippen LogP contribution in [0.2, 0.25) is 0 Å². The van der Waals surface area contributed by atoms with Gasteiger partial charge in [-0.15, -0.1) is 0 Å². The second-order valence-electron chi connectivity index (χ2n) is 7.47. The minimum absolute atomic E-state index is 0.311. The Labute approximate surface area is 132 Å². The van der Waals surface area contributed by atoms with Gasteiger partial charge in [-0.1, -0.05) is 31.2 Å². The average molecular weight is 296 g/mol. The summed E-state index contributed by atoms with van der Waals surface area (Å²) in [6, 6.07) is 8.13. The summed E-state index contributed by atoms with van der Waals surface area (Å²) in [5.74, 6) is 4.66. The first-order valence-corrected chi connectivity index (χ1v) is 8.61. The highest BCUT2D eigenvalue weighted by atomic mass is 16.5. The van der Waals surface area contributed by atoms with Gasteiger partial charge in [0.25, 0.3) is 0 Å². The molecule has 0 spiro atoms. The van der Waals surface area contributed by atoms with Gasteiger partial charge in [0.2, 0.25) is 0 Å². The molecule has 3 aliphatic carbocycles. The zero-order valence-corrected chi connectivity index (χ0v) is 13.3. The summed E-state index contributed by atoms with van der Waals surface area (Å²) >= 11 is 0. The van der Waals surface area contributed by atoms with Crippen molar-refractivity contribution >= 4 is 5.97 Å². The monoisotopic (exact) mass is 296 g/mol. The van der Waals surface area contributed by atoms with Crippen LogP contribution in [0.4, 0.5) is 0 Å². The van der Waals surface area contributed by atoms with Crippen LogP contribution in [0.5, 0.6) is 5.75 Å². The van der Waals surface area contributed by atoms with Crippen LogP contribution < -0.4 is 4.74 Å². The van der Waals surface area contributed by atoms with Crippen molar-refractivity contribution in [2.24, 2.45) is 23.7 Å². The molecule has 0 radical (unpaired) electrons. The first kappa shape index (κ1) is 14.0. The van der Waals surface area contributed by atoms with Crippen molar-refractivity contribution in [2.45, 2.75) is 44.9 Å². The molecule has 5 unspecified atom stereocenters. The first-order valence-electron chi connectivity index (χ1n) is 8.61. The molecule has 3 aliphatic rings. The van der Waals surface area contributed by atoms with Crippen LogP contribution in [0.1, 0.15) is 50.5 Å². The highest BCUT2D eigenvalue weighted by Crippen LogP contribution is 2.64. The summed E-state index contributed by atoms with van der Waals surface area (Å²) in [4.78, 5) is 11.9.